The lowest BCUT2D eigenvalue weighted by atomic mass is 9.87. The summed E-state index contributed by atoms with van der Waals surface area (Å²) in [5.41, 5.74) is 5.80. The van der Waals surface area contributed by atoms with Crippen molar-refractivity contribution < 1.29 is 18.3 Å². The van der Waals surface area contributed by atoms with Gasteiger partial charge < -0.3 is 20.0 Å². The van der Waals surface area contributed by atoms with Gasteiger partial charge in [0.15, 0.2) is 10.3 Å². The average Bonchev–Trinajstić information content (AvgIpc) is 2.95. The minimum atomic E-state index is -1.41. The zero-order valence-corrected chi connectivity index (χ0v) is 17.3. The molecule has 0 aliphatic heterocycles. The molecule has 0 radical (unpaired) electrons. The molecule has 3 N–H and O–H groups in total. The van der Waals surface area contributed by atoms with E-state index in [0.29, 0.717) is 40.9 Å². The third kappa shape index (κ3) is 4.03. The van der Waals surface area contributed by atoms with Gasteiger partial charge in [-0.15, -0.1) is 0 Å². The fraction of sp³-hybridized carbons (Fsp3) is 0.500. The Morgan fingerprint density at radius 1 is 1.32 bits per heavy atom. The first kappa shape index (κ1) is 20.7. The molecule has 2 atom stereocenters. The van der Waals surface area contributed by atoms with Crippen molar-refractivity contribution in [3.63, 3.8) is 0 Å². The minimum Gasteiger partial charge on any atom is -0.458 e. The number of H-pyrrole nitrogens is 1. The number of benzene rings is 1. The molecule has 1 aromatic carbocycles. The summed E-state index contributed by atoms with van der Waals surface area (Å²) < 4.78 is 35.2. The second kappa shape index (κ2) is 7.08. The molecule has 1 heterocycles. The van der Waals surface area contributed by atoms with Crippen LogP contribution in [-0.2, 0) is 27.9 Å². The van der Waals surface area contributed by atoms with E-state index < -0.39 is 28.7 Å². The number of carbonyl (C=O) groups excluding carboxylic acids is 1. The van der Waals surface area contributed by atoms with Crippen LogP contribution < -0.4 is 5.73 Å². The van der Waals surface area contributed by atoms with E-state index in [4.69, 9.17) is 22.7 Å². The summed E-state index contributed by atoms with van der Waals surface area (Å²) in [5.74, 6) is -1.66. The number of halogens is 2. The van der Waals surface area contributed by atoms with Crippen LogP contribution in [0.1, 0.15) is 57.0 Å². The summed E-state index contributed by atoms with van der Waals surface area (Å²) in [4.78, 5) is 15.5. The highest BCUT2D eigenvalue weighted by atomic mass is 32.1. The first-order valence-electron chi connectivity index (χ1n) is 9.19. The molecule has 8 heteroatoms. The fourth-order valence-electron chi connectivity index (χ4n) is 3.46. The van der Waals surface area contributed by atoms with Gasteiger partial charge in [-0.1, -0.05) is 0 Å². The Morgan fingerprint density at radius 3 is 2.64 bits per heavy atom. The lowest BCUT2D eigenvalue weighted by molar-refractivity contribution is -0.161. The summed E-state index contributed by atoms with van der Waals surface area (Å²) in [5, 5.41) is 0. The van der Waals surface area contributed by atoms with Crippen molar-refractivity contribution >= 4 is 18.2 Å². The Kier molecular flexibility index (Phi) is 5.22. The third-order valence-corrected chi connectivity index (χ3v) is 5.27. The monoisotopic (exact) mass is 409 g/mol. The normalized spacial score (nSPS) is 19.0. The molecular formula is C20H25F2N3O2S. The number of rotatable bonds is 3. The second-order valence-corrected chi connectivity index (χ2v) is 8.89. The maximum absolute atomic E-state index is 14.0. The van der Waals surface area contributed by atoms with E-state index in [9.17, 15) is 13.6 Å². The van der Waals surface area contributed by atoms with Crippen molar-refractivity contribution in [2.24, 2.45) is 5.73 Å². The average molecular weight is 410 g/mol. The number of nitrogens with zero attached hydrogens (tertiary/aromatic N) is 1. The molecule has 1 aromatic heterocycles. The van der Waals surface area contributed by atoms with Gasteiger partial charge in [-0.3, -0.25) is 0 Å². The van der Waals surface area contributed by atoms with Crippen LogP contribution in [0.4, 0.5) is 8.78 Å². The summed E-state index contributed by atoms with van der Waals surface area (Å²) >= 11 is 5.42. The predicted molar refractivity (Wildman–Crippen MR) is 104 cm³/mol. The van der Waals surface area contributed by atoms with E-state index >= 15 is 0 Å². The molecule has 1 aliphatic carbocycles. The Balaban J connectivity index is 1.89. The molecule has 0 amide bonds. The Morgan fingerprint density at radius 2 is 2.00 bits per heavy atom. The van der Waals surface area contributed by atoms with Crippen LogP contribution >= 0.6 is 12.2 Å². The Bertz CT molecular complexity index is 973. The van der Waals surface area contributed by atoms with E-state index in [1.165, 1.54) is 6.07 Å². The van der Waals surface area contributed by atoms with Crippen molar-refractivity contribution in [3.8, 4) is 0 Å². The lowest BCUT2D eigenvalue weighted by Gasteiger charge is -2.28. The first-order chi connectivity index (χ1) is 12.9. The van der Waals surface area contributed by atoms with Gasteiger partial charge in [-0.25, -0.2) is 13.6 Å². The number of fused-ring (bicyclic) bond motifs is 1. The predicted octanol–water partition coefficient (Wildman–Crippen LogP) is 4.07. The lowest BCUT2D eigenvalue weighted by Crippen LogP contribution is -2.46. The molecule has 0 saturated carbocycles. The number of hydrogen-bond acceptors (Lipinski definition) is 4. The number of ether oxygens (including phenoxy) is 1. The summed E-state index contributed by atoms with van der Waals surface area (Å²) in [6, 6.07) is 2.20. The van der Waals surface area contributed by atoms with E-state index in [-0.39, 0.29) is 6.04 Å². The van der Waals surface area contributed by atoms with E-state index in [1.54, 1.807) is 33.9 Å². The first-order valence-corrected chi connectivity index (χ1v) is 9.60. The van der Waals surface area contributed by atoms with Gasteiger partial charge in [0.2, 0.25) is 0 Å². The number of aromatic amines is 1. The number of nitrogens with two attached hydrogens (primary N) is 1. The van der Waals surface area contributed by atoms with E-state index in [2.05, 4.69) is 4.98 Å². The number of aromatic nitrogens is 2. The van der Waals surface area contributed by atoms with E-state index in [0.717, 1.165) is 6.07 Å². The third-order valence-electron chi connectivity index (χ3n) is 4.96. The molecule has 28 heavy (non-hydrogen) atoms. The highest BCUT2D eigenvalue weighted by molar-refractivity contribution is 7.71. The molecule has 2 unspecified atom stereocenters. The minimum absolute atomic E-state index is 0.0827. The van der Waals surface area contributed by atoms with Crippen LogP contribution in [0.15, 0.2) is 18.3 Å². The standard InChI is InChI=1S/C20H25F2N3O2S/c1-19(2,3)27-17(26)20(4,23)16-10-25(18(28)24-16)13-5-6-14-11(8-13)7-12(21)9-15(14)22/h7,9-10,13H,5-6,8,23H2,1-4H3,(H,24,28). The smallest absolute Gasteiger partial charge is 0.332 e. The summed E-state index contributed by atoms with van der Waals surface area (Å²) in [6.07, 6.45) is 3.29. The SMILES string of the molecule is CC(C)(C)OC(=O)C(C)(N)c1cn(C2CCc3c(F)cc(F)cc3C2)c(=S)[nH]1. The molecule has 0 fully saturated rings. The Hall–Kier alpha value is -2.06. The number of esters is 1. The van der Waals surface area contributed by atoms with Crippen molar-refractivity contribution in [2.75, 3.05) is 0 Å². The molecule has 1 aliphatic rings. The number of hydrogen-bond donors (Lipinski definition) is 2. The van der Waals surface area contributed by atoms with Gasteiger partial charge in [0.1, 0.15) is 17.2 Å². The zero-order valence-electron chi connectivity index (χ0n) is 16.4. The maximum Gasteiger partial charge on any atom is 0.332 e. The summed E-state index contributed by atoms with van der Waals surface area (Å²) in [6.45, 7) is 6.87. The van der Waals surface area contributed by atoms with Crippen molar-refractivity contribution in [1.29, 1.82) is 0 Å². The van der Waals surface area contributed by atoms with Crippen LogP contribution in [0.25, 0.3) is 0 Å². The fourth-order valence-corrected chi connectivity index (χ4v) is 3.77. The highest BCUT2D eigenvalue weighted by Gasteiger charge is 2.37. The molecule has 0 spiro atoms. The quantitative estimate of drug-likeness (QED) is 0.592. The van der Waals surface area contributed by atoms with Crippen LogP contribution in [0.3, 0.4) is 0 Å². The van der Waals surface area contributed by atoms with Crippen LogP contribution in [0.2, 0.25) is 0 Å². The largest absolute Gasteiger partial charge is 0.458 e. The van der Waals surface area contributed by atoms with Crippen LogP contribution in [0.5, 0.6) is 0 Å². The van der Waals surface area contributed by atoms with Gasteiger partial charge in [0, 0.05) is 18.3 Å². The van der Waals surface area contributed by atoms with Gasteiger partial charge in [0.05, 0.1) is 5.69 Å². The molecule has 2 aromatic rings. The van der Waals surface area contributed by atoms with Crippen molar-refractivity contribution in [3.05, 3.63) is 51.6 Å². The van der Waals surface area contributed by atoms with Gasteiger partial charge >= 0.3 is 5.97 Å². The van der Waals surface area contributed by atoms with Gasteiger partial charge in [-0.2, -0.15) is 0 Å². The highest BCUT2D eigenvalue weighted by Crippen LogP contribution is 2.32. The molecule has 152 valence electrons. The van der Waals surface area contributed by atoms with Gasteiger partial charge in [-0.05, 0) is 76.4 Å². The number of nitrogens with one attached hydrogen (secondary N) is 1. The van der Waals surface area contributed by atoms with Crippen LogP contribution in [-0.4, -0.2) is 21.1 Å². The van der Waals surface area contributed by atoms with Crippen LogP contribution in [0, 0.1) is 16.4 Å². The second-order valence-electron chi connectivity index (χ2n) is 8.51. The molecule has 0 saturated heterocycles. The number of imidazole rings is 1. The number of carbonyl (C=O) groups is 1. The molecule has 5 nitrogen and oxygen atoms in total. The molecular weight excluding hydrogens is 384 g/mol. The summed E-state index contributed by atoms with van der Waals surface area (Å²) in [7, 11) is 0. The molecule has 3 rings (SSSR count). The maximum atomic E-state index is 14.0. The van der Waals surface area contributed by atoms with Crippen molar-refractivity contribution in [1.82, 2.24) is 9.55 Å². The van der Waals surface area contributed by atoms with Gasteiger partial charge in [0.25, 0.3) is 0 Å². The zero-order chi connectivity index (χ0) is 20.9. The molecule has 0 bridgehead atoms. The van der Waals surface area contributed by atoms with Crippen molar-refractivity contribution in [2.45, 2.75) is 64.1 Å². The van der Waals surface area contributed by atoms with E-state index in [1.807, 2.05) is 4.57 Å². The topological polar surface area (TPSA) is 73.0 Å². The Labute approximate surface area is 167 Å².